The molecular formula is C22H27N3O3. The van der Waals surface area contributed by atoms with Gasteiger partial charge in [0.25, 0.3) is 0 Å². The van der Waals surface area contributed by atoms with Crippen LogP contribution in [0.2, 0.25) is 0 Å². The first-order chi connectivity index (χ1) is 13.7. The molecule has 0 aromatic carbocycles. The van der Waals surface area contributed by atoms with Crippen molar-refractivity contribution in [1.29, 1.82) is 0 Å². The zero-order valence-electron chi connectivity index (χ0n) is 16.0. The number of carbonyl (C=O) groups is 2. The lowest BCUT2D eigenvalue weighted by atomic mass is 9.76. The molecule has 3 aliphatic heterocycles. The lowest BCUT2D eigenvalue weighted by molar-refractivity contribution is -0.138. The van der Waals surface area contributed by atoms with Crippen LogP contribution in [-0.2, 0) is 20.9 Å². The molecule has 6 heteroatoms. The van der Waals surface area contributed by atoms with Gasteiger partial charge in [-0.25, -0.2) is 0 Å². The summed E-state index contributed by atoms with van der Waals surface area (Å²) < 4.78 is 6.22. The predicted molar refractivity (Wildman–Crippen MR) is 103 cm³/mol. The average Bonchev–Trinajstić information content (AvgIpc) is 3.24. The zero-order valence-corrected chi connectivity index (χ0v) is 16.0. The summed E-state index contributed by atoms with van der Waals surface area (Å²) in [5, 5.41) is 3.25. The number of amides is 2. The highest BCUT2D eigenvalue weighted by Gasteiger charge is 2.66. The Labute approximate surface area is 165 Å². The third kappa shape index (κ3) is 2.94. The van der Waals surface area contributed by atoms with Gasteiger partial charge in [-0.2, -0.15) is 0 Å². The van der Waals surface area contributed by atoms with E-state index in [0.717, 1.165) is 18.4 Å². The van der Waals surface area contributed by atoms with Crippen LogP contribution in [0.5, 0.6) is 0 Å². The molecule has 2 saturated heterocycles. The second-order valence-electron chi connectivity index (χ2n) is 8.65. The van der Waals surface area contributed by atoms with Crippen LogP contribution in [0.25, 0.3) is 0 Å². The monoisotopic (exact) mass is 381 g/mol. The number of carbonyl (C=O) groups excluding carboxylic acids is 2. The fraction of sp³-hybridized carbons (Fsp3) is 0.591. The standard InChI is InChI=1S/C22H27N3O3/c26-20(24-16-7-3-1-2-4-8-16)18-17-9-10-22(28-17)14-25(21(27)19(18)22)13-15-6-5-11-23-12-15/h5-6,9-12,16-19H,1-4,7-8,13-14H2,(H,24,26)/t17-,18+,19-,22-/m0/s1. The fourth-order valence-electron chi connectivity index (χ4n) is 5.44. The first-order valence-corrected chi connectivity index (χ1v) is 10.5. The summed E-state index contributed by atoms with van der Waals surface area (Å²) in [5.74, 6) is -0.814. The van der Waals surface area contributed by atoms with Crippen LogP contribution in [0.15, 0.2) is 36.7 Å². The number of hydrogen-bond donors (Lipinski definition) is 1. The molecule has 4 aliphatic rings. The SMILES string of the molecule is O=C(NC1CCCCCC1)[C@@H]1[C@@H]2C=C[C@@]3(CN(Cc4cccnc4)C(=O)[C@H]13)O2. The molecule has 28 heavy (non-hydrogen) atoms. The van der Waals surface area contributed by atoms with Crippen LogP contribution in [0.1, 0.15) is 44.1 Å². The number of pyridine rings is 1. The quantitative estimate of drug-likeness (QED) is 0.641. The van der Waals surface area contributed by atoms with Gasteiger partial charge in [0.05, 0.1) is 24.5 Å². The molecule has 1 aromatic rings. The number of likely N-dealkylation sites (tertiary alicyclic amines) is 1. The van der Waals surface area contributed by atoms with E-state index < -0.39 is 17.4 Å². The molecule has 4 heterocycles. The van der Waals surface area contributed by atoms with E-state index in [2.05, 4.69) is 10.3 Å². The van der Waals surface area contributed by atoms with Crippen molar-refractivity contribution < 1.29 is 14.3 Å². The molecule has 1 aliphatic carbocycles. The molecule has 3 fully saturated rings. The fourth-order valence-corrected chi connectivity index (χ4v) is 5.44. The smallest absolute Gasteiger partial charge is 0.230 e. The molecule has 4 atom stereocenters. The van der Waals surface area contributed by atoms with Gasteiger partial charge in [-0.3, -0.25) is 14.6 Å². The summed E-state index contributed by atoms with van der Waals surface area (Å²) in [7, 11) is 0. The minimum absolute atomic E-state index is 0.00953. The largest absolute Gasteiger partial charge is 0.360 e. The first-order valence-electron chi connectivity index (χ1n) is 10.5. The summed E-state index contributed by atoms with van der Waals surface area (Å²) in [4.78, 5) is 32.4. The van der Waals surface area contributed by atoms with E-state index in [1.54, 1.807) is 12.4 Å². The predicted octanol–water partition coefficient (Wildman–Crippen LogP) is 2.20. The maximum Gasteiger partial charge on any atom is 0.230 e. The van der Waals surface area contributed by atoms with E-state index in [-0.39, 0.29) is 24.0 Å². The number of fused-ring (bicyclic) bond motifs is 1. The van der Waals surface area contributed by atoms with Crippen molar-refractivity contribution in [1.82, 2.24) is 15.2 Å². The van der Waals surface area contributed by atoms with Crippen molar-refractivity contribution in [3.05, 3.63) is 42.2 Å². The second-order valence-corrected chi connectivity index (χ2v) is 8.65. The Hall–Kier alpha value is -2.21. The minimum atomic E-state index is -0.643. The lowest BCUT2D eigenvalue weighted by Gasteiger charge is -2.26. The molecule has 2 amide bonds. The van der Waals surface area contributed by atoms with Gasteiger partial charge in [0, 0.05) is 25.0 Å². The Kier molecular flexibility index (Phi) is 4.46. The van der Waals surface area contributed by atoms with E-state index in [1.807, 2.05) is 29.2 Å². The third-order valence-corrected chi connectivity index (χ3v) is 6.78. The Morgan fingerprint density at radius 1 is 1.29 bits per heavy atom. The summed E-state index contributed by atoms with van der Waals surface area (Å²) in [6.07, 6.45) is 14.1. The minimum Gasteiger partial charge on any atom is -0.360 e. The van der Waals surface area contributed by atoms with Gasteiger partial charge in [0.2, 0.25) is 11.8 Å². The number of aromatic nitrogens is 1. The normalized spacial score (nSPS) is 34.5. The van der Waals surface area contributed by atoms with Crippen molar-refractivity contribution in [2.75, 3.05) is 6.54 Å². The lowest BCUT2D eigenvalue weighted by Crippen LogP contribution is -2.47. The van der Waals surface area contributed by atoms with Gasteiger partial charge in [-0.05, 0) is 24.5 Å². The number of nitrogens with one attached hydrogen (secondary N) is 1. The Balaban J connectivity index is 1.33. The number of rotatable bonds is 4. The van der Waals surface area contributed by atoms with Gasteiger partial charge < -0.3 is 15.0 Å². The third-order valence-electron chi connectivity index (χ3n) is 6.78. The maximum absolute atomic E-state index is 13.2. The summed E-state index contributed by atoms with van der Waals surface area (Å²) >= 11 is 0. The van der Waals surface area contributed by atoms with Crippen LogP contribution in [-0.4, -0.2) is 46.0 Å². The topological polar surface area (TPSA) is 71.5 Å². The molecule has 1 spiro atoms. The summed E-state index contributed by atoms with van der Waals surface area (Å²) in [6, 6.07) is 4.08. The van der Waals surface area contributed by atoms with Crippen LogP contribution in [0.3, 0.4) is 0 Å². The van der Waals surface area contributed by atoms with Crippen LogP contribution >= 0.6 is 0 Å². The van der Waals surface area contributed by atoms with E-state index in [1.165, 1.54) is 25.7 Å². The number of hydrogen-bond acceptors (Lipinski definition) is 4. The van der Waals surface area contributed by atoms with Gasteiger partial charge >= 0.3 is 0 Å². The molecule has 0 unspecified atom stereocenters. The molecule has 148 valence electrons. The van der Waals surface area contributed by atoms with Gasteiger partial charge in [-0.15, -0.1) is 0 Å². The molecule has 5 rings (SSSR count). The summed E-state index contributed by atoms with van der Waals surface area (Å²) in [5.41, 5.74) is 0.347. The van der Waals surface area contributed by atoms with E-state index in [0.29, 0.717) is 13.1 Å². The van der Waals surface area contributed by atoms with E-state index in [4.69, 9.17) is 4.74 Å². The van der Waals surface area contributed by atoms with Crippen molar-refractivity contribution in [2.45, 2.75) is 62.8 Å². The first kappa shape index (κ1) is 17.9. The van der Waals surface area contributed by atoms with Crippen LogP contribution in [0.4, 0.5) is 0 Å². The highest BCUT2D eigenvalue weighted by Crippen LogP contribution is 2.52. The van der Waals surface area contributed by atoms with Crippen LogP contribution in [0, 0.1) is 11.8 Å². The van der Waals surface area contributed by atoms with Crippen LogP contribution < -0.4 is 5.32 Å². The van der Waals surface area contributed by atoms with Crippen molar-refractivity contribution >= 4 is 11.8 Å². The highest BCUT2D eigenvalue weighted by molar-refractivity contribution is 5.93. The van der Waals surface area contributed by atoms with Crippen molar-refractivity contribution in [3.63, 3.8) is 0 Å². The van der Waals surface area contributed by atoms with E-state index in [9.17, 15) is 9.59 Å². The average molecular weight is 381 g/mol. The number of nitrogens with zero attached hydrogens (tertiary/aromatic N) is 2. The second kappa shape index (κ2) is 6.99. The zero-order chi connectivity index (χ0) is 19.1. The number of ether oxygens (including phenoxy) is 1. The van der Waals surface area contributed by atoms with Crippen molar-refractivity contribution in [2.24, 2.45) is 11.8 Å². The Morgan fingerprint density at radius 3 is 2.86 bits per heavy atom. The maximum atomic E-state index is 13.2. The van der Waals surface area contributed by atoms with Gasteiger partial charge in [0.1, 0.15) is 5.60 Å². The molecule has 2 bridgehead atoms. The van der Waals surface area contributed by atoms with Crippen molar-refractivity contribution in [3.8, 4) is 0 Å². The Bertz CT molecular complexity index is 787. The summed E-state index contributed by atoms with van der Waals surface area (Å²) in [6.45, 7) is 1.01. The van der Waals surface area contributed by atoms with Gasteiger partial charge in [-0.1, -0.05) is 43.9 Å². The molecule has 1 N–H and O–H groups in total. The molecule has 0 radical (unpaired) electrons. The molecule has 6 nitrogen and oxygen atoms in total. The molecular weight excluding hydrogens is 354 g/mol. The highest BCUT2D eigenvalue weighted by atomic mass is 16.5. The van der Waals surface area contributed by atoms with Gasteiger partial charge in [0.15, 0.2) is 0 Å². The molecule has 1 saturated carbocycles. The molecule has 1 aromatic heterocycles. The van der Waals surface area contributed by atoms with E-state index >= 15 is 0 Å². The Morgan fingerprint density at radius 2 is 2.11 bits per heavy atom.